The van der Waals surface area contributed by atoms with Gasteiger partial charge in [0.15, 0.2) is 0 Å². The van der Waals surface area contributed by atoms with Gasteiger partial charge in [-0.1, -0.05) is 0 Å². The third kappa shape index (κ3) is 6.40. The van der Waals surface area contributed by atoms with E-state index in [1.807, 2.05) is 12.1 Å². The van der Waals surface area contributed by atoms with E-state index >= 15 is 0 Å². The summed E-state index contributed by atoms with van der Waals surface area (Å²) in [4.78, 5) is 16.0. The second-order valence-corrected chi connectivity index (χ2v) is 23.6. The number of para-hydroxylation sites is 1. The molecule has 4 nitrogen and oxygen atoms in total. The number of hydrogen-bond donors (Lipinski definition) is 0. The van der Waals surface area contributed by atoms with Crippen LogP contribution >= 0.6 is 16.8 Å². The first-order chi connectivity index (χ1) is 29.1. The fourth-order valence-electron chi connectivity index (χ4n) is 8.63. The van der Waals surface area contributed by atoms with Crippen molar-refractivity contribution >= 4 is 95.7 Å². The van der Waals surface area contributed by atoms with Crippen LogP contribution in [0, 0.1) is 0 Å². The van der Waals surface area contributed by atoms with Crippen LogP contribution in [0.2, 0.25) is 0 Å². The molecule has 10 aromatic rings. The predicted octanol–water partition coefficient (Wildman–Crippen LogP) is 10.8. The maximum absolute atomic E-state index is 5.70. The van der Waals surface area contributed by atoms with Crippen LogP contribution in [0.15, 0.2) is 176 Å². The molecule has 1 aliphatic carbocycles. The molecule has 3 heterocycles. The average Bonchev–Trinajstić information content (AvgIpc) is 3.70. The fraction of sp³-hybridized carbons (Fsp3) is 0.0566. The van der Waals surface area contributed by atoms with Gasteiger partial charge in [-0.3, -0.25) is 0 Å². The molecular formula is C53H37I2N4-. The number of aliphatic imine (C=N–C) groups is 1. The first-order valence-electron chi connectivity index (χ1n) is 19.9. The van der Waals surface area contributed by atoms with Gasteiger partial charge in [0.1, 0.15) is 0 Å². The van der Waals surface area contributed by atoms with Crippen molar-refractivity contribution in [3.8, 4) is 11.3 Å². The van der Waals surface area contributed by atoms with E-state index in [0.717, 1.165) is 57.4 Å². The summed E-state index contributed by atoms with van der Waals surface area (Å²) in [5.74, 6) is 0. The molecule has 0 amide bonds. The van der Waals surface area contributed by atoms with E-state index in [-0.39, 0.29) is 0 Å². The summed E-state index contributed by atoms with van der Waals surface area (Å²) in [6, 6.07) is 54.6. The summed E-state index contributed by atoms with van der Waals surface area (Å²) in [7, 11) is 0. The van der Waals surface area contributed by atoms with Gasteiger partial charge in [0.2, 0.25) is 0 Å². The summed E-state index contributed by atoms with van der Waals surface area (Å²) in [5.41, 5.74) is 13.4. The second kappa shape index (κ2) is 15.1. The second-order valence-electron chi connectivity index (χ2n) is 15.0. The minimum absolute atomic E-state index is 0.424. The predicted molar refractivity (Wildman–Crippen MR) is 256 cm³/mol. The van der Waals surface area contributed by atoms with E-state index < -0.39 is 34.0 Å². The fourth-order valence-corrected chi connectivity index (χ4v) is 17.4. The van der Waals surface area contributed by atoms with Crippen LogP contribution < -0.4 is 17.2 Å². The molecule has 0 radical (unpaired) electrons. The average molecular weight is 984 g/mol. The number of halogens is 2. The molecule has 284 valence electrons. The molecule has 7 aromatic carbocycles. The van der Waals surface area contributed by atoms with Crippen LogP contribution in [-0.2, 0) is 6.42 Å². The van der Waals surface area contributed by atoms with E-state index in [0.29, 0.717) is 0 Å². The zero-order chi connectivity index (χ0) is 39.5. The van der Waals surface area contributed by atoms with Gasteiger partial charge in [0.05, 0.1) is 0 Å². The van der Waals surface area contributed by atoms with Gasteiger partial charge in [-0.2, -0.15) is 0 Å². The van der Waals surface area contributed by atoms with Gasteiger partial charge in [0.25, 0.3) is 0 Å². The van der Waals surface area contributed by atoms with Gasteiger partial charge < -0.3 is 0 Å². The standard InChI is InChI=1S/C53H37I2N4/c1-33(35-26-28-36(29-27-35)50-52-51(45-23-11-12-24-48(45)57-50)58-49-25-13-14-30-59(49)52)54-55-53(47-32-38-16-4-6-18-40(38)42-20-8-10-22-44(42)47)56-34(2)46-31-37-15-3-5-17-39(37)41-19-7-9-21-43(41)46/h3,5-15,17-32H,1,4,16H2,2H3/q-1. The molecule has 59 heavy (non-hydrogen) atoms. The molecule has 0 spiro atoms. The van der Waals surface area contributed by atoms with E-state index in [1.54, 1.807) is 0 Å². The zero-order valence-electron chi connectivity index (χ0n) is 32.3. The number of benzene rings is 7. The molecule has 0 atom stereocenters. The number of pyridine rings is 2. The van der Waals surface area contributed by atoms with Crippen LogP contribution in [0.1, 0.15) is 41.2 Å². The van der Waals surface area contributed by atoms with Crippen LogP contribution in [0.5, 0.6) is 0 Å². The molecule has 0 N–H and O–H groups in total. The van der Waals surface area contributed by atoms with E-state index in [4.69, 9.17) is 21.5 Å². The van der Waals surface area contributed by atoms with Crippen molar-refractivity contribution in [2.45, 2.75) is 19.8 Å². The molecule has 0 fully saturated rings. The third-order valence-electron chi connectivity index (χ3n) is 11.5. The topological polar surface area (TPSA) is 42.5 Å². The normalized spacial score (nSPS) is 13.5. The Hall–Kier alpha value is -5.84. The number of imidazole rings is 1. The Labute approximate surface area is 358 Å². The van der Waals surface area contributed by atoms with Crippen LogP contribution in [0.25, 0.3) is 80.8 Å². The Morgan fingerprint density at radius 3 is 2.22 bits per heavy atom. The van der Waals surface area contributed by atoms with Crippen molar-refractivity contribution in [2.24, 2.45) is 4.99 Å². The number of fused-ring (bicyclic) bond motifs is 11. The molecule has 0 unspecified atom stereocenters. The van der Waals surface area contributed by atoms with Gasteiger partial charge in [-0.15, -0.1) is 0 Å². The van der Waals surface area contributed by atoms with E-state index in [9.17, 15) is 0 Å². The third-order valence-corrected chi connectivity index (χ3v) is 21.3. The Balaban J connectivity index is 1.01. The number of hydrogen-bond acceptors (Lipinski definition) is 3. The number of nitrogens with zero attached hydrogens (tertiary/aromatic N) is 4. The van der Waals surface area contributed by atoms with E-state index in [2.05, 4.69) is 169 Å². The Bertz CT molecular complexity index is 3450. The van der Waals surface area contributed by atoms with Gasteiger partial charge in [0, 0.05) is 0 Å². The van der Waals surface area contributed by atoms with Crippen molar-refractivity contribution in [3.05, 3.63) is 198 Å². The number of allylic oxidation sites excluding steroid dienone is 1. The summed E-state index contributed by atoms with van der Waals surface area (Å²) < 4.78 is 4.64. The van der Waals surface area contributed by atoms with Crippen molar-refractivity contribution in [1.29, 1.82) is 0 Å². The summed E-state index contributed by atoms with van der Waals surface area (Å²) >= 11 is -0.917. The minimum atomic E-state index is -0.493. The Morgan fingerprint density at radius 2 is 1.39 bits per heavy atom. The molecule has 1 aliphatic rings. The molecule has 0 saturated heterocycles. The summed E-state index contributed by atoms with van der Waals surface area (Å²) in [6.07, 6.45) is 8.84. The van der Waals surface area contributed by atoms with Crippen molar-refractivity contribution in [2.75, 3.05) is 0 Å². The van der Waals surface area contributed by atoms with Crippen molar-refractivity contribution in [1.82, 2.24) is 14.4 Å². The summed E-state index contributed by atoms with van der Waals surface area (Å²) in [5, 5.41) is 8.69. The zero-order valence-corrected chi connectivity index (χ0v) is 36.6. The van der Waals surface area contributed by atoms with Crippen LogP contribution in [0.4, 0.5) is 0 Å². The number of aromatic nitrogens is 3. The van der Waals surface area contributed by atoms with Gasteiger partial charge >= 0.3 is 362 Å². The first kappa shape index (κ1) is 36.3. The molecule has 0 bridgehead atoms. The molecule has 0 saturated carbocycles. The Kier molecular flexibility index (Phi) is 9.26. The van der Waals surface area contributed by atoms with Gasteiger partial charge in [-0.05, 0) is 0 Å². The van der Waals surface area contributed by atoms with E-state index in [1.165, 1.54) is 67.3 Å². The molecule has 6 heteroatoms. The Morgan fingerprint density at radius 1 is 0.695 bits per heavy atom. The van der Waals surface area contributed by atoms with Crippen LogP contribution in [-0.4, -0.2) is 23.7 Å². The molecular weight excluding hydrogens is 946 g/mol. The quantitative estimate of drug-likeness (QED) is 0.0907. The summed E-state index contributed by atoms with van der Waals surface area (Å²) in [6.45, 7) is 6.94. The SMILES string of the molecule is C=C([I-]I=C(N=C(C)c1cc2ccccc2c2ccccc12)c1cc2c(c3ccccc13)C=CCC2)c1ccc(-c2nc3ccccc3c3nc4ccccn4c23)cc1. The van der Waals surface area contributed by atoms with Crippen LogP contribution in [0.3, 0.4) is 0 Å². The van der Waals surface area contributed by atoms with Crippen molar-refractivity contribution in [3.63, 3.8) is 0 Å². The van der Waals surface area contributed by atoms with Crippen molar-refractivity contribution < 1.29 is 17.2 Å². The molecule has 3 aromatic heterocycles. The maximum atomic E-state index is 5.70. The van der Waals surface area contributed by atoms with Gasteiger partial charge in [-0.25, -0.2) is 0 Å². The first-order valence-corrected chi connectivity index (χ1v) is 28.3. The monoisotopic (exact) mass is 983 g/mol. The number of rotatable bonds is 7. The molecule has 0 aliphatic heterocycles. The number of aryl methyl sites for hydroxylation is 1. The molecule has 11 rings (SSSR count).